The first-order chi connectivity index (χ1) is 28.8. The number of imidazole rings is 2. The molecule has 4 aromatic heterocycles. The molecule has 0 aliphatic carbocycles. The summed E-state index contributed by atoms with van der Waals surface area (Å²) < 4.78 is 4.80. The second kappa shape index (κ2) is 10.9. The van der Waals surface area contributed by atoms with E-state index in [1.165, 1.54) is 75.8 Å². The van der Waals surface area contributed by atoms with Gasteiger partial charge in [-0.15, -0.1) is 0 Å². The molecule has 0 amide bonds. The van der Waals surface area contributed by atoms with E-state index in [0.29, 0.717) is 0 Å². The number of aromatic nitrogens is 4. The Hall–Kier alpha value is -7.82. The summed E-state index contributed by atoms with van der Waals surface area (Å²) in [5.74, 6) is 0. The molecule has 0 saturated carbocycles. The monoisotopic (exact) mass is 734 g/mol. The zero-order chi connectivity index (χ0) is 37.6. The molecule has 0 spiro atoms. The summed E-state index contributed by atoms with van der Waals surface area (Å²) in [5.41, 5.74) is 11.0. The Morgan fingerprint density at radius 3 is 1.00 bits per heavy atom. The van der Waals surface area contributed by atoms with E-state index in [2.05, 4.69) is 191 Å². The quantitative estimate of drug-likeness (QED) is 0.157. The highest BCUT2D eigenvalue weighted by Gasteiger charge is 2.21. The van der Waals surface area contributed by atoms with Gasteiger partial charge in [-0.1, -0.05) is 146 Å². The maximum atomic E-state index is 5.49. The smallest absolute Gasteiger partial charge is 0.146 e. The van der Waals surface area contributed by atoms with Crippen LogP contribution in [-0.2, 0) is 0 Å². The lowest BCUT2D eigenvalue weighted by molar-refractivity contribution is 1.32. The molecule has 0 unspecified atom stereocenters. The van der Waals surface area contributed by atoms with Crippen molar-refractivity contribution < 1.29 is 0 Å². The lowest BCUT2D eigenvalue weighted by Gasteiger charge is -2.13. The van der Waals surface area contributed by atoms with Gasteiger partial charge in [0.1, 0.15) is 11.3 Å². The van der Waals surface area contributed by atoms with E-state index < -0.39 is 0 Å². The predicted molar refractivity (Wildman–Crippen MR) is 244 cm³/mol. The van der Waals surface area contributed by atoms with Gasteiger partial charge in [0, 0.05) is 43.1 Å². The summed E-state index contributed by atoms with van der Waals surface area (Å²) in [6.07, 6.45) is 0. The van der Waals surface area contributed by atoms with Gasteiger partial charge in [0.05, 0.1) is 33.1 Å². The average Bonchev–Trinajstić information content (AvgIpc) is 3.91. The first kappa shape index (κ1) is 30.4. The lowest BCUT2D eigenvalue weighted by atomic mass is 9.96. The number of nitrogens with zero attached hydrogens (tertiary/aromatic N) is 4. The number of hydrogen-bond acceptors (Lipinski definition) is 2. The van der Waals surface area contributed by atoms with Crippen LogP contribution in [0.1, 0.15) is 0 Å². The molecule has 10 aromatic carbocycles. The Morgan fingerprint density at radius 2 is 0.586 bits per heavy atom. The van der Waals surface area contributed by atoms with Crippen molar-refractivity contribution in [3.63, 3.8) is 0 Å². The molecule has 0 bridgehead atoms. The van der Waals surface area contributed by atoms with E-state index >= 15 is 0 Å². The van der Waals surface area contributed by atoms with E-state index in [1.807, 2.05) is 0 Å². The van der Waals surface area contributed by atoms with Crippen LogP contribution < -0.4 is 0 Å². The van der Waals surface area contributed by atoms with Crippen molar-refractivity contribution >= 4 is 120 Å². The Kier molecular flexibility index (Phi) is 5.73. The van der Waals surface area contributed by atoms with Crippen molar-refractivity contribution in [3.8, 4) is 11.1 Å². The summed E-state index contributed by atoms with van der Waals surface area (Å²) >= 11 is 0. The van der Waals surface area contributed by atoms with Gasteiger partial charge in [0.2, 0.25) is 0 Å². The third-order valence-electron chi connectivity index (χ3n) is 12.8. The number of hydrogen-bond donors (Lipinski definition) is 0. The highest BCUT2D eigenvalue weighted by molar-refractivity contribution is 6.28. The fraction of sp³-hybridized carbons (Fsp3) is 0. The number of para-hydroxylation sites is 2. The average molecular weight is 735 g/mol. The zero-order valence-electron chi connectivity index (χ0n) is 31.1. The topological polar surface area (TPSA) is 34.6 Å². The molecule has 0 aliphatic rings. The van der Waals surface area contributed by atoms with Crippen LogP contribution in [0.2, 0.25) is 0 Å². The molecule has 0 fully saturated rings. The summed E-state index contributed by atoms with van der Waals surface area (Å²) in [6, 6.07) is 66.4. The third-order valence-corrected chi connectivity index (χ3v) is 12.8. The van der Waals surface area contributed by atoms with Crippen molar-refractivity contribution in [2.75, 3.05) is 0 Å². The molecule has 4 nitrogen and oxygen atoms in total. The fourth-order valence-electron chi connectivity index (χ4n) is 10.3. The second-order valence-electron chi connectivity index (χ2n) is 15.7. The van der Waals surface area contributed by atoms with E-state index in [9.17, 15) is 0 Å². The van der Waals surface area contributed by atoms with Gasteiger partial charge in [-0.05, 0) is 79.8 Å². The van der Waals surface area contributed by atoms with Gasteiger partial charge >= 0.3 is 0 Å². The van der Waals surface area contributed by atoms with Gasteiger partial charge in [0.15, 0.2) is 0 Å². The van der Waals surface area contributed by atoms with Crippen molar-refractivity contribution in [1.29, 1.82) is 0 Å². The maximum absolute atomic E-state index is 5.49. The minimum absolute atomic E-state index is 0.982. The Labute approximate surface area is 330 Å². The summed E-state index contributed by atoms with van der Waals surface area (Å²) in [4.78, 5) is 11.0. The van der Waals surface area contributed by atoms with Crippen LogP contribution >= 0.6 is 0 Å². The first-order valence-corrected chi connectivity index (χ1v) is 19.9. The Bertz CT molecular complexity index is 3880. The van der Waals surface area contributed by atoms with Crippen molar-refractivity contribution in [3.05, 3.63) is 182 Å². The minimum atomic E-state index is 0.982. The van der Waals surface area contributed by atoms with Gasteiger partial charge in [-0.3, -0.25) is 8.80 Å². The molecule has 4 heteroatoms. The van der Waals surface area contributed by atoms with Crippen LogP contribution in [0, 0.1) is 0 Å². The van der Waals surface area contributed by atoms with Crippen molar-refractivity contribution in [2.45, 2.75) is 0 Å². The molecule has 266 valence electrons. The van der Waals surface area contributed by atoms with Gasteiger partial charge in [-0.25, -0.2) is 9.97 Å². The molecule has 4 heterocycles. The molecular formula is C54H30N4. The van der Waals surface area contributed by atoms with Gasteiger partial charge < -0.3 is 0 Å². The third kappa shape index (κ3) is 3.79. The highest BCUT2D eigenvalue weighted by Crippen LogP contribution is 2.43. The van der Waals surface area contributed by atoms with E-state index in [-0.39, 0.29) is 0 Å². The summed E-state index contributed by atoms with van der Waals surface area (Å²) in [6.45, 7) is 0. The second-order valence-corrected chi connectivity index (χ2v) is 15.7. The Morgan fingerprint density at radius 1 is 0.259 bits per heavy atom. The molecule has 0 atom stereocenters. The number of pyridine rings is 2. The van der Waals surface area contributed by atoms with Crippen LogP contribution in [0.5, 0.6) is 0 Å². The number of benzene rings is 10. The normalized spacial score (nSPS) is 12.5. The molecule has 14 aromatic rings. The minimum Gasteiger partial charge on any atom is -0.291 e. The molecule has 0 aliphatic heterocycles. The Balaban J connectivity index is 1.06. The van der Waals surface area contributed by atoms with Gasteiger partial charge in [0.25, 0.3) is 0 Å². The number of fused-ring (bicyclic) bond motifs is 26. The fourth-order valence-corrected chi connectivity index (χ4v) is 10.3. The standard InChI is InChI=1S/C54H30N4/c1-5-19-39-33(13-1)35-15-3-7-21-41(35)51-49(39)55-53-43-27-25-31(29-45(43)37-17-9-11-23-47(37)57(51)53)32-26-28-44-46(30-32)38-18-10-12-24-48(38)58-52-42-22-8-4-16-36(42)34-14-2-6-20-40(34)50(52)56-54(44)58/h1-30H. The zero-order valence-corrected chi connectivity index (χ0v) is 31.1. The van der Waals surface area contributed by atoms with E-state index in [4.69, 9.17) is 9.97 Å². The molecule has 0 radical (unpaired) electrons. The first-order valence-electron chi connectivity index (χ1n) is 19.9. The molecule has 0 saturated heterocycles. The molecule has 58 heavy (non-hydrogen) atoms. The maximum Gasteiger partial charge on any atom is 0.146 e. The predicted octanol–water partition coefficient (Wildman–Crippen LogP) is 14.2. The van der Waals surface area contributed by atoms with E-state index in [1.54, 1.807) is 0 Å². The summed E-state index contributed by atoms with van der Waals surface area (Å²) in [5, 5.41) is 16.8. The largest absolute Gasteiger partial charge is 0.291 e. The molecular weight excluding hydrogens is 705 g/mol. The van der Waals surface area contributed by atoms with Crippen LogP contribution in [0.15, 0.2) is 182 Å². The van der Waals surface area contributed by atoms with Crippen LogP contribution in [-0.4, -0.2) is 18.8 Å². The van der Waals surface area contributed by atoms with Crippen molar-refractivity contribution in [1.82, 2.24) is 18.8 Å². The number of rotatable bonds is 1. The molecule has 0 N–H and O–H groups in total. The SMILES string of the molecule is c1ccc2c(c1)c1ccccc1c1c2nc2c3ccc(-c4ccc5c(c4)c4ccccc4n4c5nc5c6ccccc6c6ccccc6c54)cc3c3ccccc3n21. The van der Waals surface area contributed by atoms with Crippen LogP contribution in [0.4, 0.5) is 0 Å². The summed E-state index contributed by atoms with van der Waals surface area (Å²) in [7, 11) is 0. The van der Waals surface area contributed by atoms with Gasteiger partial charge in [-0.2, -0.15) is 0 Å². The molecule has 14 rings (SSSR count). The highest BCUT2D eigenvalue weighted by atomic mass is 15.0. The van der Waals surface area contributed by atoms with Crippen LogP contribution in [0.25, 0.3) is 131 Å². The van der Waals surface area contributed by atoms with E-state index in [0.717, 1.165) is 55.2 Å². The van der Waals surface area contributed by atoms with Crippen molar-refractivity contribution in [2.24, 2.45) is 0 Å². The lowest BCUT2D eigenvalue weighted by Crippen LogP contribution is -1.93. The van der Waals surface area contributed by atoms with Crippen LogP contribution in [0.3, 0.4) is 0 Å².